The van der Waals surface area contributed by atoms with Crippen molar-refractivity contribution >= 4 is 15.9 Å². The minimum absolute atomic E-state index is 0.0499. The summed E-state index contributed by atoms with van der Waals surface area (Å²) < 4.78 is 37.9. The van der Waals surface area contributed by atoms with Gasteiger partial charge in [-0.1, -0.05) is 12.1 Å². The maximum atomic E-state index is 12.9. The van der Waals surface area contributed by atoms with E-state index in [1.165, 1.54) is 4.31 Å². The Hall–Kier alpha value is -2.58. The molecule has 0 aliphatic carbocycles. The fraction of sp³-hybridized carbons (Fsp3) is 0.435. The second kappa shape index (κ2) is 10.2. The minimum Gasteiger partial charge on any atom is -0.497 e. The second-order valence-electron chi connectivity index (χ2n) is 7.63. The Bertz CT molecular complexity index is 966. The lowest BCUT2D eigenvalue weighted by Gasteiger charge is -2.32. The quantitative estimate of drug-likeness (QED) is 0.623. The molecule has 168 valence electrons. The summed E-state index contributed by atoms with van der Waals surface area (Å²) in [7, 11) is -0.172. The van der Waals surface area contributed by atoms with E-state index < -0.39 is 10.0 Å². The van der Waals surface area contributed by atoms with Crippen molar-refractivity contribution in [2.45, 2.75) is 31.2 Å². The van der Waals surface area contributed by atoms with Crippen molar-refractivity contribution in [2.24, 2.45) is 5.92 Å². The van der Waals surface area contributed by atoms with Crippen LogP contribution in [0.15, 0.2) is 53.4 Å². The molecule has 0 saturated carbocycles. The Morgan fingerprint density at radius 3 is 2.16 bits per heavy atom. The van der Waals surface area contributed by atoms with Crippen molar-refractivity contribution in [1.82, 2.24) is 9.21 Å². The number of nitrogens with zero attached hydrogens (tertiary/aromatic N) is 2. The number of hydrogen-bond donors (Lipinski definition) is 0. The van der Waals surface area contributed by atoms with Crippen molar-refractivity contribution in [3.63, 3.8) is 0 Å². The van der Waals surface area contributed by atoms with E-state index in [1.807, 2.05) is 31.2 Å². The van der Waals surface area contributed by atoms with Gasteiger partial charge < -0.3 is 14.4 Å². The van der Waals surface area contributed by atoms with Gasteiger partial charge in [-0.25, -0.2) is 8.42 Å². The molecule has 1 aliphatic rings. The first kappa shape index (κ1) is 23.1. The summed E-state index contributed by atoms with van der Waals surface area (Å²) in [6, 6.07) is 14.1. The monoisotopic (exact) mass is 446 g/mol. The number of carbonyl (C=O) groups excluding carboxylic acids is 1. The Labute approximate surface area is 184 Å². The van der Waals surface area contributed by atoms with Crippen molar-refractivity contribution in [1.29, 1.82) is 0 Å². The molecule has 2 aromatic carbocycles. The Kier molecular flexibility index (Phi) is 7.56. The van der Waals surface area contributed by atoms with Crippen LogP contribution in [-0.4, -0.2) is 57.4 Å². The molecule has 3 rings (SSSR count). The van der Waals surface area contributed by atoms with Gasteiger partial charge in [0.1, 0.15) is 11.5 Å². The summed E-state index contributed by atoms with van der Waals surface area (Å²) in [6.45, 7) is 3.59. The van der Waals surface area contributed by atoms with E-state index in [9.17, 15) is 13.2 Å². The van der Waals surface area contributed by atoms with Crippen LogP contribution in [-0.2, 0) is 21.4 Å². The summed E-state index contributed by atoms with van der Waals surface area (Å²) in [6.07, 6.45) is 1.03. The third kappa shape index (κ3) is 5.57. The highest BCUT2D eigenvalue weighted by Crippen LogP contribution is 2.26. The third-order valence-electron chi connectivity index (χ3n) is 5.53. The molecular formula is C23H30N2O5S. The van der Waals surface area contributed by atoms with Crippen molar-refractivity contribution in [3.8, 4) is 11.5 Å². The van der Waals surface area contributed by atoms with Gasteiger partial charge in [0, 0.05) is 32.6 Å². The van der Waals surface area contributed by atoms with Gasteiger partial charge in [-0.3, -0.25) is 4.79 Å². The van der Waals surface area contributed by atoms with Crippen LogP contribution in [0.4, 0.5) is 0 Å². The predicted octanol–water partition coefficient (Wildman–Crippen LogP) is 3.15. The lowest BCUT2D eigenvalue weighted by atomic mass is 9.96. The van der Waals surface area contributed by atoms with Crippen LogP contribution >= 0.6 is 0 Å². The number of methoxy groups -OCH3 is 1. The summed E-state index contributed by atoms with van der Waals surface area (Å²) in [5.41, 5.74) is 1.02. The summed E-state index contributed by atoms with van der Waals surface area (Å²) >= 11 is 0. The summed E-state index contributed by atoms with van der Waals surface area (Å²) in [5, 5.41) is 0. The van der Waals surface area contributed by atoms with E-state index in [-0.39, 0.29) is 16.7 Å². The van der Waals surface area contributed by atoms with E-state index in [2.05, 4.69) is 0 Å². The molecule has 1 saturated heterocycles. The Morgan fingerprint density at radius 1 is 1.03 bits per heavy atom. The highest BCUT2D eigenvalue weighted by Gasteiger charge is 2.33. The molecule has 1 fully saturated rings. The SMILES string of the molecule is CCOc1ccc(S(=O)(=O)N2CCC(C(=O)N(C)Cc3ccc(OC)cc3)CC2)cc1. The molecule has 2 aromatic rings. The number of hydrogen-bond acceptors (Lipinski definition) is 5. The molecule has 0 atom stereocenters. The molecule has 1 heterocycles. The molecule has 8 heteroatoms. The zero-order chi connectivity index (χ0) is 22.4. The van der Waals surface area contributed by atoms with Gasteiger partial charge in [-0.05, 0) is 61.7 Å². The van der Waals surface area contributed by atoms with Crippen LogP contribution in [0.1, 0.15) is 25.3 Å². The molecule has 0 N–H and O–H groups in total. The first-order chi connectivity index (χ1) is 14.8. The zero-order valence-electron chi connectivity index (χ0n) is 18.3. The topological polar surface area (TPSA) is 76.2 Å². The third-order valence-corrected chi connectivity index (χ3v) is 7.44. The standard InChI is InChI=1S/C23H30N2O5S/c1-4-30-21-9-11-22(12-10-21)31(27,28)25-15-13-19(14-16-25)23(26)24(2)17-18-5-7-20(29-3)8-6-18/h5-12,19H,4,13-17H2,1-3H3. The van der Waals surface area contributed by atoms with Gasteiger partial charge in [0.25, 0.3) is 0 Å². The van der Waals surface area contributed by atoms with Crippen LogP contribution in [0.5, 0.6) is 11.5 Å². The maximum Gasteiger partial charge on any atom is 0.243 e. The van der Waals surface area contributed by atoms with Crippen LogP contribution in [0.3, 0.4) is 0 Å². The first-order valence-corrected chi connectivity index (χ1v) is 11.9. The predicted molar refractivity (Wildman–Crippen MR) is 119 cm³/mol. The number of amides is 1. The average Bonchev–Trinajstić information content (AvgIpc) is 2.79. The summed E-state index contributed by atoms with van der Waals surface area (Å²) in [5.74, 6) is 1.30. The van der Waals surface area contributed by atoms with Crippen molar-refractivity contribution < 1.29 is 22.7 Å². The smallest absolute Gasteiger partial charge is 0.243 e. The normalized spacial score (nSPS) is 15.5. The second-order valence-corrected chi connectivity index (χ2v) is 9.56. The molecule has 0 unspecified atom stereocenters. The molecule has 1 aliphatic heterocycles. The van der Waals surface area contributed by atoms with E-state index >= 15 is 0 Å². The number of carbonyl (C=O) groups is 1. The van der Waals surface area contributed by atoms with E-state index in [1.54, 1.807) is 43.3 Å². The van der Waals surface area contributed by atoms with Gasteiger partial charge in [0.15, 0.2) is 0 Å². The number of sulfonamides is 1. The number of ether oxygens (including phenoxy) is 2. The zero-order valence-corrected chi connectivity index (χ0v) is 19.1. The molecule has 0 aromatic heterocycles. The lowest BCUT2D eigenvalue weighted by Crippen LogP contribution is -2.43. The molecular weight excluding hydrogens is 416 g/mol. The minimum atomic E-state index is -3.58. The van der Waals surface area contributed by atoms with Gasteiger partial charge in [-0.15, -0.1) is 0 Å². The Balaban J connectivity index is 1.56. The molecule has 0 radical (unpaired) electrons. The van der Waals surface area contributed by atoms with Gasteiger partial charge in [0.2, 0.25) is 15.9 Å². The number of piperidine rings is 1. The van der Waals surface area contributed by atoms with Crippen LogP contribution in [0, 0.1) is 5.92 Å². The van der Waals surface area contributed by atoms with Crippen molar-refractivity contribution in [2.75, 3.05) is 33.9 Å². The molecule has 1 amide bonds. The van der Waals surface area contributed by atoms with Gasteiger partial charge in [-0.2, -0.15) is 4.31 Å². The molecule has 31 heavy (non-hydrogen) atoms. The van der Waals surface area contributed by atoms with Gasteiger partial charge in [0.05, 0.1) is 18.6 Å². The highest BCUT2D eigenvalue weighted by atomic mass is 32.2. The van der Waals surface area contributed by atoms with E-state index in [0.717, 1.165) is 11.3 Å². The Morgan fingerprint density at radius 2 is 1.61 bits per heavy atom. The molecule has 7 nitrogen and oxygen atoms in total. The fourth-order valence-corrected chi connectivity index (χ4v) is 5.23. The maximum absolute atomic E-state index is 12.9. The van der Waals surface area contributed by atoms with Crippen LogP contribution in [0.2, 0.25) is 0 Å². The van der Waals surface area contributed by atoms with Gasteiger partial charge >= 0.3 is 0 Å². The van der Waals surface area contributed by atoms with Crippen molar-refractivity contribution in [3.05, 3.63) is 54.1 Å². The largest absolute Gasteiger partial charge is 0.497 e. The summed E-state index contributed by atoms with van der Waals surface area (Å²) in [4.78, 5) is 14.8. The van der Waals surface area contributed by atoms with E-state index in [4.69, 9.17) is 9.47 Å². The number of rotatable bonds is 8. The molecule has 0 spiro atoms. The first-order valence-electron chi connectivity index (χ1n) is 10.5. The fourth-order valence-electron chi connectivity index (χ4n) is 3.76. The van der Waals surface area contributed by atoms with Crippen LogP contribution < -0.4 is 9.47 Å². The van der Waals surface area contributed by atoms with Crippen LogP contribution in [0.25, 0.3) is 0 Å². The molecule has 0 bridgehead atoms. The number of benzene rings is 2. The van der Waals surface area contributed by atoms with E-state index in [0.29, 0.717) is 44.8 Å². The highest BCUT2D eigenvalue weighted by molar-refractivity contribution is 7.89. The lowest BCUT2D eigenvalue weighted by molar-refractivity contribution is -0.135. The average molecular weight is 447 g/mol.